The number of methoxy groups -OCH3 is 1. The summed E-state index contributed by atoms with van der Waals surface area (Å²) in [4.78, 5) is 24.5. The summed E-state index contributed by atoms with van der Waals surface area (Å²) >= 11 is 0. The van der Waals surface area contributed by atoms with Gasteiger partial charge in [0.1, 0.15) is 23.2 Å². The monoisotopic (exact) mass is 420 g/mol. The molecule has 0 aliphatic rings. The highest BCUT2D eigenvalue weighted by molar-refractivity contribution is 6.01. The van der Waals surface area contributed by atoms with E-state index in [-0.39, 0.29) is 29.2 Å². The third-order valence-corrected chi connectivity index (χ3v) is 4.15. The van der Waals surface area contributed by atoms with Crippen LogP contribution in [0.25, 0.3) is 6.08 Å². The first-order chi connectivity index (χ1) is 15.0. The Morgan fingerprint density at radius 3 is 2.58 bits per heavy atom. The number of nitrogens with zero attached hydrogens (tertiary/aromatic N) is 1. The zero-order valence-electron chi connectivity index (χ0n) is 16.4. The smallest absolute Gasteiger partial charge is 0.343 e. The third-order valence-electron chi connectivity index (χ3n) is 4.15. The van der Waals surface area contributed by atoms with E-state index in [2.05, 4.69) is 5.32 Å². The van der Waals surface area contributed by atoms with Crippen molar-refractivity contribution in [3.05, 3.63) is 89.1 Å². The molecule has 8 heteroatoms. The Labute approximate surface area is 177 Å². The Morgan fingerprint density at radius 1 is 1.16 bits per heavy atom. The van der Waals surface area contributed by atoms with E-state index in [9.17, 15) is 19.2 Å². The zero-order chi connectivity index (χ0) is 22.2. The maximum Gasteiger partial charge on any atom is 0.343 e. The first kappa shape index (κ1) is 21.3. The molecule has 7 nitrogen and oxygen atoms in total. The second kappa shape index (κ2) is 9.89. The minimum atomic E-state index is -0.684. The van der Waals surface area contributed by atoms with E-state index >= 15 is 0 Å². The predicted molar refractivity (Wildman–Crippen MR) is 108 cm³/mol. The number of halogens is 1. The number of hydrogen-bond donors (Lipinski definition) is 1. The van der Waals surface area contributed by atoms with Gasteiger partial charge in [-0.25, -0.2) is 9.18 Å². The van der Waals surface area contributed by atoms with Gasteiger partial charge in [0, 0.05) is 0 Å². The lowest BCUT2D eigenvalue weighted by Crippen LogP contribution is -2.23. The fourth-order valence-electron chi connectivity index (χ4n) is 2.59. The number of carbonyl (C=O) groups excluding carboxylic acids is 2. The minimum absolute atomic E-state index is 0.121. The van der Waals surface area contributed by atoms with E-state index in [0.717, 1.165) is 12.1 Å². The molecule has 0 aliphatic carbocycles. The van der Waals surface area contributed by atoms with Gasteiger partial charge in [0.2, 0.25) is 0 Å². The lowest BCUT2D eigenvalue weighted by Gasteiger charge is -2.10. The molecule has 1 amide bonds. The Kier molecular flexibility index (Phi) is 6.81. The lowest BCUT2D eigenvalue weighted by atomic mass is 10.1. The second-order valence-corrected chi connectivity index (χ2v) is 6.24. The second-order valence-electron chi connectivity index (χ2n) is 6.24. The Morgan fingerprint density at radius 2 is 1.94 bits per heavy atom. The molecular weight excluding hydrogens is 403 g/mol. The van der Waals surface area contributed by atoms with Crippen LogP contribution >= 0.6 is 0 Å². The van der Waals surface area contributed by atoms with Gasteiger partial charge in [-0.15, -0.1) is 0 Å². The van der Waals surface area contributed by atoms with Gasteiger partial charge in [-0.1, -0.05) is 6.07 Å². The van der Waals surface area contributed by atoms with Crippen LogP contribution in [-0.2, 0) is 11.3 Å². The first-order valence-electron chi connectivity index (χ1n) is 9.08. The molecule has 3 aromatic rings. The summed E-state index contributed by atoms with van der Waals surface area (Å²) in [5.41, 5.74) is 0.542. The Balaban J connectivity index is 1.74. The topological polar surface area (TPSA) is 102 Å². The maximum atomic E-state index is 13.0. The van der Waals surface area contributed by atoms with Gasteiger partial charge in [-0.3, -0.25) is 4.79 Å². The molecule has 1 aromatic heterocycles. The molecular formula is C23H17FN2O5. The predicted octanol–water partition coefficient (Wildman–Crippen LogP) is 3.87. The number of hydrogen-bond acceptors (Lipinski definition) is 6. The molecule has 0 spiro atoms. The number of benzene rings is 2. The summed E-state index contributed by atoms with van der Waals surface area (Å²) in [6, 6.07) is 14.7. The van der Waals surface area contributed by atoms with E-state index in [4.69, 9.17) is 13.9 Å². The van der Waals surface area contributed by atoms with Gasteiger partial charge in [0.25, 0.3) is 5.91 Å². The Bertz CT molecular complexity index is 1150. The van der Waals surface area contributed by atoms with Crippen LogP contribution in [0.5, 0.6) is 11.5 Å². The molecule has 156 valence electrons. The van der Waals surface area contributed by atoms with Gasteiger partial charge in [0.05, 0.1) is 25.5 Å². The zero-order valence-corrected chi connectivity index (χ0v) is 16.4. The van der Waals surface area contributed by atoms with Crippen molar-refractivity contribution in [2.45, 2.75) is 6.54 Å². The molecule has 0 bridgehead atoms. The average Bonchev–Trinajstić information content (AvgIpc) is 3.30. The van der Waals surface area contributed by atoms with E-state index in [1.54, 1.807) is 18.2 Å². The van der Waals surface area contributed by atoms with Gasteiger partial charge >= 0.3 is 5.97 Å². The molecule has 0 aliphatic heterocycles. The van der Waals surface area contributed by atoms with Crippen LogP contribution in [0.3, 0.4) is 0 Å². The van der Waals surface area contributed by atoms with Gasteiger partial charge in [-0.2, -0.15) is 5.26 Å². The third kappa shape index (κ3) is 5.58. The number of carbonyl (C=O) groups is 2. The summed E-state index contributed by atoms with van der Waals surface area (Å²) < 4.78 is 28.7. The SMILES string of the molecule is COc1cc(/C=C(\C#N)C(=O)NCc2ccco2)ccc1OC(=O)c1ccc(F)cc1. The molecule has 0 atom stereocenters. The van der Waals surface area contributed by atoms with Crippen LogP contribution < -0.4 is 14.8 Å². The first-order valence-corrected chi connectivity index (χ1v) is 9.08. The average molecular weight is 420 g/mol. The number of ether oxygens (including phenoxy) is 2. The fraction of sp³-hybridized carbons (Fsp3) is 0.0870. The van der Waals surface area contributed by atoms with Gasteiger partial charge in [0.15, 0.2) is 11.5 Å². The van der Waals surface area contributed by atoms with Crippen LogP contribution in [-0.4, -0.2) is 19.0 Å². The number of rotatable bonds is 7. The summed E-state index contributed by atoms with van der Waals surface area (Å²) in [6.45, 7) is 0.145. The van der Waals surface area contributed by atoms with Crippen molar-refractivity contribution < 1.29 is 27.9 Å². The molecule has 1 N–H and O–H groups in total. The number of amides is 1. The maximum absolute atomic E-state index is 13.0. The van der Waals surface area contributed by atoms with Crippen molar-refractivity contribution in [1.29, 1.82) is 5.26 Å². The van der Waals surface area contributed by atoms with Crippen molar-refractivity contribution in [3.63, 3.8) is 0 Å². The summed E-state index contributed by atoms with van der Waals surface area (Å²) in [6.07, 6.45) is 2.87. The van der Waals surface area contributed by atoms with Crippen molar-refractivity contribution >= 4 is 18.0 Å². The molecule has 3 rings (SSSR count). The molecule has 1 heterocycles. The van der Waals surface area contributed by atoms with Crippen LogP contribution in [0.4, 0.5) is 4.39 Å². The van der Waals surface area contributed by atoms with E-state index in [1.165, 1.54) is 43.7 Å². The highest BCUT2D eigenvalue weighted by Gasteiger charge is 2.14. The largest absolute Gasteiger partial charge is 0.493 e. The standard InChI is InChI=1S/C23H17FN2O5/c1-29-21-12-15(11-17(13-25)22(27)26-14-19-3-2-10-30-19)4-9-20(21)31-23(28)16-5-7-18(24)8-6-16/h2-12H,14H2,1H3,(H,26,27)/b17-11+. The number of esters is 1. The van der Waals surface area contributed by atoms with E-state index < -0.39 is 17.7 Å². The normalized spacial score (nSPS) is 10.8. The van der Waals surface area contributed by atoms with Crippen LogP contribution in [0.1, 0.15) is 21.7 Å². The lowest BCUT2D eigenvalue weighted by molar-refractivity contribution is -0.117. The molecule has 0 saturated carbocycles. The summed E-state index contributed by atoms with van der Waals surface area (Å²) in [5, 5.41) is 11.9. The van der Waals surface area contributed by atoms with E-state index in [1.807, 2.05) is 6.07 Å². The molecule has 0 fully saturated rings. The molecule has 0 radical (unpaired) electrons. The van der Waals surface area contributed by atoms with Crippen molar-refractivity contribution in [2.24, 2.45) is 0 Å². The highest BCUT2D eigenvalue weighted by atomic mass is 19.1. The number of nitrogens with one attached hydrogen (secondary N) is 1. The minimum Gasteiger partial charge on any atom is -0.493 e. The van der Waals surface area contributed by atoms with Crippen LogP contribution in [0.2, 0.25) is 0 Å². The van der Waals surface area contributed by atoms with Crippen molar-refractivity contribution in [2.75, 3.05) is 7.11 Å². The molecule has 31 heavy (non-hydrogen) atoms. The molecule has 0 saturated heterocycles. The van der Waals surface area contributed by atoms with Crippen molar-refractivity contribution in [1.82, 2.24) is 5.32 Å². The molecule has 2 aromatic carbocycles. The van der Waals surface area contributed by atoms with Crippen LogP contribution in [0, 0.1) is 17.1 Å². The number of furan rings is 1. The Hall–Kier alpha value is -4.38. The summed E-state index contributed by atoms with van der Waals surface area (Å²) in [7, 11) is 1.39. The quantitative estimate of drug-likeness (QED) is 0.269. The van der Waals surface area contributed by atoms with Gasteiger partial charge in [-0.05, 0) is 60.2 Å². The van der Waals surface area contributed by atoms with Crippen molar-refractivity contribution in [3.8, 4) is 17.6 Å². The van der Waals surface area contributed by atoms with E-state index in [0.29, 0.717) is 11.3 Å². The highest BCUT2D eigenvalue weighted by Crippen LogP contribution is 2.29. The van der Waals surface area contributed by atoms with Gasteiger partial charge < -0.3 is 19.2 Å². The van der Waals surface area contributed by atoms with Crippen LogP contribution in [0.15, 0.2) is 70.9 Å². The fourth-order valence-corrected chi connectivity index (χ4v) is 2.59. The summed E-state index contributed by atoms with van der Waals surface area (Å²) in [5.74, 6) is -0.806. The molecule has 0 unspecified atom stereocenters. The number of nitriles is 1.